The molecule has 0 radical (unpaired) electrons. The van der Waals surface area contributed by atoms with Gasteiger partial charge in [-0.15, -0.1) is 0 Å². The van der Waals surface area contributed by atoms with Gasteiger partial charge >= 0.3 is 12.1 Å². The number of pyridine rings is 1. The van der Waals surface area contributed by atoms with Gasteiger partial charge < -0.3 is 14.6 Å². The molecule has 0 bridgehead atoms. The van der Waals surface area contributed by atoms with E-state index < -0.39 is 34.2 Å². The van der Waals surface area contributed by atoms with Gasteiger partial charge in [-0.25, -0.2) is 0 Å². The maximum absolute atomic E-state index is 13.8. The summed E-state index contributed by atoms with van der Waals surface area (Å²) in [5.41, 5.74) is -0.243. The molecular weight excluding hydrogens is 569 g/mol. The number of esters is 1. The van der Waals surface area contributed by atoms with Gasteiger partial charge in [0.1, 0.15) is 11.2 Å². The number of nitrogens with one attached hydrogen (secondary N) is 1. The van der Waals surface area contributed by atoms with Crippen molar-refractivity contribution in [2.45, 2.75) is 90.0 Å². The van der Waals surface area contributed by atoms with Gasteiger partial charge in [-0.2, -0.15) is 13.2 Å². The number of amides is 1. The van der Waals surface area contributed by atoms with Crippen molar-refractivity contribution in [3.05, 3.63) is 99.5 Å². The van der Waals surface area contributed by atoms with Crippen molar-refractivity contribution < 1.29 is 27.5 Å². The fourth-order valence-corrected chi connectivity index (χ4v) is 6.19. The van der Waals surface area contributed by atoms with Gasteiger partial charge in [-0.3, -0.25) is 14.4 Å². The van der Waals surface area contributed by atoms with E-state index in [4.69, 9.17) is 4.74 Å². The summed E-state index contributed by atoms with van der Waals surface area (Å²) < 4.78 is 46.3. The summed E-state index contributed by atoms with van der Waals surface area (Å²) in [4.78, 5) is 39.0. The Bertz CT molecular complexity index is 1560. The molecule has 1 amide bonds. The summed E-state index contributed by atoms with van der Waals surface area (Å²) >= 11 is 0. The fourth-order valence-electron chi connectivity index (χ4n) is 6.19. The third-order valence-electron chi connectivity index (χ3n) is 8.59. The van der Waals surface area contributed by atoms with Crippen LogP contribution in [-0.4, -0.2) is 22.0 Å². The van der Waals surface area contributed by atoms with Crippen LogP contribution in [0.5, 0.6) is 0 Å². The van der Waals surface area contributed by atoms with Crippen molar-refractivity contribution in [2.75, 3.05) is 5.32 Å². The van der Waals surface area contributed by atoms with Crippen molar-refractivity contribution in [2.24, 2.45) is 11.3 Å². The molecule has 3 aromatic rings. The topological polar surface area (TPSA) is 77.4 Å². The lowest BCUT2D eigenvalue weighted by Gasteiger charge is -2.24. The van der Waals surface area contributed by atoms with E-state index in [0.29, 0.717) is 17.7 Å². The molecule has 0 aliphatic heterocycles. The summed E-state index contributed by atoms with van der Waals surface area (Å²) in [7, 11) is 0. The van der Waals surface area contributed by atoms with E-state index >= 15 is 0 Å². The average molecular weight is 609 g/mol. The number of carbonyl (C=O) groups is 2. The summed E-state index contributed by atoms with van der Waals surface area (Å²) in [5, 5.41) is 3.11. The van der Waals surface area contributed by atoms with Crippen LogP contribution < -0.4 is 10.9 Å². The van der Waals surface area contributed by atoms with Gasteiger partial charge in [-0.05, 0) is 99.7 Å². The van der Waals surface area contributed by atoms with E-state index in [1.54, 1.807) is 12.1 Å². The predicted molar refractivity (Wildman–Crippen MR) is 162 cm³/mol. The van der Waals surface area contributed by atoms with E-state index in [-0.39, 0.29) is 24.3 Å². The van der Waals surface area contributed by atoms with Crippen molar-refractivity contribution in [3.63, 3.8) is 0 Å². The Morgan fingerprint density at radius 3 is 2.27 bits per heavy atom. The quantitative estimate of drug-likeness (QED) is 0.255. The third-order valence-corrected chi connectivity index (χ3v) is 8.59. The van der Waals surface area contributed by atoms with Crippen LogP contribution in [0, 0.1) is 11.3 Å². The molecule has 5 rings (SSSR count). The molecule has 1 atom stereocenters. The first-order valence-electron chi connectivity index (χ1n) is 15.2. The van der Waals surface area contributed by atoms with Gasteiger partial charge in [0, 0.05) is 11.9 Å². The van der Waals surface area contributed by atoms with E-state index in [9.17, 15) is 27.6 Å². The highest BCUT2D eigenvalue weighted by molar-refractivity contribution is 5.96. The van der Waals surface area contributed by atoms with Crippen LogP contribution in [0.3, 0.4) is 0 Å². The second kappa shape index (κ2) is 12.3. The minimum absolute atomic E-state index is 0.0130. The van der Waals surface area contributed by atoms with Crippen molar-refractivity contribution >= 4 is 17.6 Å². The number of halogens is 3. The van der Waals surface area contributed by atoms with Crippen LogP contribution in [0.4, 0.5) is 18.9 Å². The maximum Gasteiger partial charge on any atom is 0.421 e. The normalized spacial score (nSPS) is 17.2. The Morgan fingerprint density at radius 1 is 0.977 bits per heavy atom. The molecule has 44 heavy (non-hydrogen) atoms. The zero-order valence-corrected chi connectivity index (χ0v) is 25.4. The molecule has 2 aliphatic carbocycles. The van der Waals surface area contributed by atoms with Crippen LogP contribution in [0.2, 0.25) is 0 Å². The lowest BCUT2D eigenvalue weighted by atomic mass is 9.83. The van der Waals surface area contributed by atoms with Crippen LogP contribution in [-0.2, 0) is 33.5 Å². The highest BCUT2D eigenvalue weighted by Crippen LogP contribution is 2.50. The Labute approximate surface area is 255 Å². The zero-order valence-electron chi connectivity index (χ0n) is 25.4. The van der Waals surface area contributed by atoms with Crippen molar-refractivity contribution in [1.29, 1.82) is 0 Å². The van der Waals surface area contributed by atoms with E-state index in [0.717, 1.165) is 60.3 Å². The number of aromatic nitrogens is 1. The minimum Gasteiger partial charge on any atom is -0.460 e. The van der Waals surface area contributed by atoms with Crippen LogP contribution in [0.25, 0.3) is 0 Å². The smallest absolute Gasteiger partial charge is 0.421 e. The number of nitrogens with zero attached hydrogens (tertiary/aromatic N) is 1. The standard InChI is InChI=1S/C35H39F3N2O4/c1-33(2,3)44-32(43)34(17-18-34)21-24-8-6-11-27(20-24)39-30(41)29(25-9-4-5-10-25)26-15-13-23(14-16-26)22-40-19-7-12-28(31(40)42)35(36,37)38/h6-8,11-16,19-20,25,29H,4-5,9-10,17-18,21-22H2,1-3H3,(H,39,41). The average Bonchev–Trinajstić information content (AvgIpc) is 3.52. The molecule has 234 valence electrons. The zero-order chi connectivity index (χ0) is 31.7. The maximum atomic E-state index is 13.8. The van der Waals surface area contributed by atoms with Crippen molar-refractivity contribution in [1.82, 2.24) is 4.57 Å². The molecule has 2 fully saturated rings. The van der Waals surface area contributed by atoms with Crippen molar-refractivity contribution in [3.8, 4) is 0 Å². The summed E-state index contributed by atoms with van der Waals surface area (Å²) in [6, 6.07) is 16.8. The molecule has 2 aliphatic rings. The molecule has 1 heterocycles. The summed E-state index contributed by atoms with van der Waals surface area (Å²) in [5.74, 6) is -0.536. The Morgan fingerprint density at radius 2 is 1.66 bits per heavy atom. The second-order valence-electron chi connectivity index (χ2n) is 13.3. The number of carbonyl (C=O) groups excluding carboxylic acids is 2. The summed E-state index contributed by atoms with van der Waals surface area (Å²) in [6.45, 7) is 5.58. The molecule has 1 N–H and O–H groups in total. The number of ether oxygens (including phenoxy) is 1. The third kappa shape index (κ3) is 7.42. The van der Waals surface area contributed by atoms with Gasteiger partial charge in [0.05, 0.1) is 17.9 Å². The number of alkyl halides is 3. The number of hydrogen-bond donors (Lipinski definition) is 1. The monoisotopic (exact) mass is 608 g/mol. The lowest BCUT2D eigenvalue weighted by Crippen LogP contribution is -2.30. The Balaban J connectivity index is 1.31. The van der Waals surface area contributed by atoms with E-state index in [2.05, 4.69) is 5.32 Å². The second-order valence-corrected chi connectivity index (χ2v) is 13.3. The molecule has 0 saturated heterocycles. The molecule has 1 aromatic heterocycles. The first-order valence-corrected chi connectivity index (χ1v) is 15.2. The fraction of sp³-hybridized carbons (Fsp3) is 0.457. The minimum atomic E-state index is -4.72. The molecule has 2 saturated carbocycles. The van der Waals surface area contributed by atoms with Gasteiger partial charge in [0.2, 0.25) is 5.91 Å². The SMILES string of the molecule is CC(C)(C)OC(=O)C1(Cc2cccc(NC(=O)C(c3ccc(Cn4cccc(C(F)(F)F)c4=O)cc3)C3CCCC3)c2)CC1. The van der Waals surface area contributed by atoms with Crippen LogP contribution in [0.15, 0.2) is 71.7 Å². The number of rotatable bonds is 9. The first kappa shape index (κ1) is 31.5. The Hall–Kier alpha value is -3.88. The summed E-state index contributed by atoms with van der Waals surface area (Å²) in [6.07, 6.45) is 2.68. The molecular formula is C35H39F3N2O4. The van der Waals surface area contributed by atoms with Gasteiger partial charge in [0.15, 0.2) is 0 Å². The molecule has 0 spiro atoms. The van der Waals surface area contributed by atoms with E-state index in [1.807, 2.05) is 57.2 Å². The highest BCUT2D eigenvalue weighted by atomic mass is 19.4. The first-order chi connectivity index (χ1) is 20.7. The molecule has 6 nitrogen and oxygen atoms in total. The number of anilines is 1. The Kier molecular flexibility index (Phi) is 8.78. The number of benzene rings is 2. The predicted octanol–water partition coefficient (Wildman–Crippen LogP) is 7.49. The van der Waals surface area contributed by atoms with Gasteiger partial charge in [-0.1, -0.05) is 49.2 Å². The largest absolute Gasteiger partial charge is 0.460 e. The van der Waals surface area contributed by atoms with Crippen LogP contribution >= 0.6 is 0 Å². The molecule has 9 heteroatoms. The highest BCUT2D eigenvalue weighted by Gasteiger charge is 2.52. The molecule has 1 unspecified atom stereocenters. The lowest BCUT2D eigenvalue weighted by molar-refractivity contribution is -0.161. The van der Waals surface area contributed by atoms with Crippen LogP contribution in [0.1, 0.15) is 87.5 Å². The number of hydrogen-bond acceptors (Lipinski definition) is 4. The van der Waals surface area contributed by atoms with E-state index in [1.165, 1.54) is 12.3 Å². The molecule has 2 aromatic carbocycles. The van der Waals surface area contributed by atoms with Gasteiger partial charge in [0.25, 0.3) is 5.56 Å².